The minimum atomic E-state index is -0.949. The van der Waals surface area contributed by atoms with Gasteiger partial charge in [-0.1, -0.05) is 30.3 Å². The standard InChI is InChI=1S/C15H14BrN3S/c16-13-7-4-9-19-14(13)20-10-8-15(18,11-17)12-5-2-1-3-6-12/h1-7,9H,8,10,18H2. The summed E-state index contributed by atoms with van der Waals surface area (Å²) in [5.41, 5.74) is 6.12. The molecule has 1 aromatic carbocycles. The lowest BCUT2D eigenvalue weighted by molar-refractivity contribution is 0.560. The molecule has 0 fully saturated rings. The summed E-state index contributed by atoms with van der Waals surface area (Å²) in [6.45, 7) is 0. The van der Waals surface area contributed by atoms with Gasteiger partial charge in [-0.2, -0.15) is 5.26 Å². The molecule has 20 heavy (non-hydrogen) atoms. The van der Waals surface area contributed by atoms with E-state index in [2.05, 4.69) is 27.0 Å². The summed E-state index contributed by atoms with van der Waals surface area (Å²) in [6.07, 6.45) is 2.32. The maximum atomic E-state index is 9.38. The maximum Gasteiger partial charge on any atom is 0.130 e. The zero-order chi connectivity index (χ0) is 14.4. The first-order valence-corrected chi connectivity index (χ1v) is 7.92. The zero-order valence-corrected chi connectivity index (χ0v) is 13.2. The number of pyridine rings is 1. The molecule has 102 valence electrons. The number of rotatable bonds is 5. The van der Waals surface area contributed by atoms with Crippen LogP contribution in [0.4, 0.5) is 0 Å². The highest BCUT2D eigenvalue weighted by molar-refractivity contribution is 9.10. The number of thioether (sulfide) groups is 1. The molecule has 1 atom stereocenters. The normalized spacial score (nSPS) is 13.4. The van der Waals surface area contributed by atoms with Crippen LogP contribution in [0.15, 0.2) is 58.2 Å². The van der Waals surface area contributed by atoms with Crippen LogP contribution in [0.25, 0.3) is 0 Å². The maximum absolute atomic E-state index is 9.38. The van der Waals surface area contributed by atoms with Crippen molar-refractivity contribution in [1.29, 1.82) is 5.26 Å². The monoisotopic (exact) mass is 347 g/mol. The van der Waals surface area contributed by atoms with E-state index in [-0.39, 0.29) is 0 Å². The fraction of sp³-hybridized carbons (Fsp3) is 0.200. The Morgan fingerprint density at radius 2 is 2.00 bits per heavy atom. The summed E-state index contributed by atoms with van der Waals surface area (Å²) in [5, 5.41) is 10.3. The number of nitriles is 1. The topological polar surface area (TPSA) is 62.7 Å². The molecule has 1 unspecified atom stereocenters. The van der Waals surface area contributed by atoms with Gasteiger partial charge in [0.2, 0.25) is 0 Å². The molecule has 2 rings (SSSR count). The van der Waals surface area contributed by atoms with Crippen LogP contribution in [0.3, 0.4) is 0 Å². The van der Waals surface area contributed by atoms with Crippen LogP contribution in [0.2, 0.25) is 0 Å². The van der Waals surface area contributed by atoms with E-state index in [4.69, 9.17) is 5.73 Å². The summed E-state index contributed by atoms with van der Waals surface area (Å²) in [5.74, 6) is 0.731. The fourth-order valence-corrected chi connectivity index (χ4v) is 3.34. The molecule has 2 aromatic rings. The molecular formula is C15H14BrN3S. The first-order valence-electron chi connectivity index (χ1n) is 6.15. The van der Waals surface area contributed by atoms with Gasteiger partial charge in [-0.15, -0.1) is 11.8 Å². The van der Waals surface area contributed by atoms with Gasteiger partial charge in [-0.3, -0.25) is 0 Å². The van der Waals surface area contributed by atoms with Gasteiger partial charge in [0.05, 0.1) is 6.07 Å². The summed E-state index contributed by atoms with van der Waals surface area (Å²) in [7, 11) is 0. The number of hydrogen-bond acceptors (Lipinski definition) is 4. The van der Waals surface area contributed by atoms with Crippen molar-refractivity contribution < 1.29 is 0 Å². The summed E-state index contributed by atoms with van der Waals surface area (Å²) < 4.78 is 0.962. The largest absolute Gasteiger partial charge is 0.310 e. The third kappa shape index (κ3) is 3.60. The van der Waals surface area contributed by atoms with Crippen molar-refractivity contribution in [2.24, 2.45) is 5.73 Å². The van der Waals surface area contributed by atoms with Gasteiger partial charge in [0.1, 0.15) is 10.6 Å². The minimum Gasteiger partial charge on any atom is -0.310 e. The Kier molecular flexibility index (Phi) is 5.18. The molecule has 0 spiro atoms. The van der Waals surface area contributed by atoms with Crippen molar-refractivity contribution in [3.8, 4) is 6.07 Å². The molecule has 0 saturated heterocycles. The SMILES string of the molecule is N#CC(N)(CCSc1ncccc1Br)c1ccccc1. The Balaban J connectivity index is 2.02. The molecule has 2 N–H and O–H groups in total. The highest BCUT2D eigenvalue weighted by Crippen LogP contribution is 2.29. The van der Waals surface area contributed by atoms with Crippen LogP contribution in [-0.4, -0.2) is 10.7 Å². The molecule has 0 aliphatic rings. The summed E-state index contributed by atoms with van der Waals surface area (Å²) >= 11 is 5.05. The minimum absolute atomic E-state index is 0.571. The zero-order valence-electron chi connectivity index (χ0n) is 10.8. The smallest absolute Gasteiger partial charge is 0.130 e. The first-order chi connectivity index (χ1) is 9.65. The summed E-state index contributed by atoms with van der Waals surface area (Å²) in [6, 6.07) is 15.6. The van der Waals surface area contributed by atoms with Gasteiger partial charge < -0.3 is 5.73 Å². The van der Waals surface area contributed by atoms with Crippen molar-refractivity contribution >= 4 is 27.7 Å². The van der Waals surface area contributed by atoms with E-state index in [9.17, 15) is 5.26 Å². The van der Waals surface area contributed by atoms with Gasteiger partial charge in [0.25, 0.3) is 0 Å². The van der Waals surface area contributed by atoms with Crippen molar-refractivity contribution in [3.63, 3.8) is 0 Å². The second kappa shape index (κ2) is 6.89. The number of aromatic nitrogens is 1. The average Bonchev–Trinajstić information content (AvgIpc) is 2.50. The molecule has 0 bridgehead atoms. The van der Waals surface area contributed by atoms with E-state index < -0.39 is 5.54 Å². The predicted octanol–water partition coefficient (Wildman–Crippen LogP) is 3.70. The first kappa shape index (κ1) is 15.0. The van der Waals surface area contributed by atoms with Crippen molar-refractivity contribution in [2.45, 2.75) is 17.0 Å². The fourth-order valence-electron chi connectivity index (χ4n) is 1.79. The molecule has 5 heteroatoms. The molecule has 0 saturated carbocycles. The quantitative estimate of drug-likeness (QED) is 0.837. The highest BCUT2D eigenvalue weighted by atomic mass is 79.9. The number of benzene rings is 1. The van der Waals surface area contributed by atoms with E-state index in [1.165, 1.54) is 0 Å². The molecule has 1 aromatic heterocycles. The second-order valence-electron chi connectivity index (χ2n) is 4.34. The van der Waals surface area contributed by atoms with E-state index in [1.807, 2.05) is 42.5 Å². The van der Waals surface area contributed by atoms with E-state index in [1.54, 1.807) is 18.0 Å². The number of nitrogens with two attached hydrogens (primary N) is 1. The van der Waals surface area contributed by atoms with E-state index >= 15 is 0 Å². The lowest BCUT2D eigenvalue weighted by atomic mass is 9.90. The van der Waals surface area contributed by atoms with Crippen LogP contribution in [0, 0.1) is 11.3 Å². The van der Waals surface area contributed by atoms with Crippen LogP contribution in [0.1, 0.15) is 12.0 Å². The lowest BCUT2D eigenvalue weighted by Gasteiger charge is -2.21. The highest BCUT2D eigenvalue weighted by Gasteiger charge is 2.26. The van der Waals surface area contributed by atoms with Crippen molar-refractivity contribution in [3.05, 3.63) is 58.7 Å². The van der Waals surface area contributed by atoms with E-state index in [0.29, 0.717) is 6.42 Å². The van der Waals surface area contributed by atoms with Crippen LogP contribution < -0.4 is 5.73 Å². The van der Waals surface area contributed by atoms with Crippen LogP contribution in [0.5, 0.6) is 0 Å². The third-order valence-electron chi connectivity index (χ3n) is 2.95. The molecule has 0 aliphatic heterocycles. The Labute approximate surface area is 131 Å². The Hall–Kier alpha value is -1.35. The molecule has 0 radical (unpaired) electrons. The Bertz CT molecular complexity index is 612. The van der Waals surface area contributed by atoms with Gasteiger partial charge >= 0.3 is 0 Å². The van der Waals surface area contributed by atoms with Gasteiger partial charge in [-0.25, -0.2) is 4.98 Å². The Morgan fingerprint density at radius 1 is 1.25 bits per heavy atom. The average molecular weight is 348 g/mol. The van der Waals surface area contributed by atoms with Crippen molar-refractivity contribution in [1.82, 2.24) is 4.98 Å². The van der Waals surface area contributed by atoms with Gasteiger partial charge in [-0.05, 0) is 40.0 Å². The van der Waals surface area contributed by atoms with Crippen molar-refractivity contribution in [2.75, 3.05) is 5.75 Å². The third-order valence-corrected chi connectivity index (χ3v) is 4.86. The Morgan fingerprint density at radius 3 is 2.65 bits per heavy atom. The second-order valence-corrected chi connectivity index (χ2v) is 6.28. The molecule has 1 heterocycles. The molecule has 0 amide bonds. The van der Waals surface area contributed by atoms with Gasteiger partial charge in [0, 0.05) is 16.4 Å². The van der Waals surface area contributed by atoms with Crippen LogP contribution in [-0.2, 0) is 5.54 Å². The lowest BCUT2D eigenvalue weighted by Crippen LogP contribution is -2.35. The van der Waals surface area contributed by atoms with Crippen LogP contribution >= 0.6 is 27.7 Å². The molecule has 3 nitrogen and oxygen atoms in total. The predicted molar refractivity (Wildman–Crippen MR) is 85.2 cm³/mol. The number of nitrogens with zero attached hydrogens (tertiary/aromatic N) is 2. The van der Waals surface area contributed by atoms with E-state index in [0.717, 1.165) is 20.8 Å². The number of halogens is 1. The number of hydrogen-bond donors (Lipinski definition) is 1. The molecule has 0 aliphatic carbocycles. The van der Waals surface area contributed by atoms with Gasteiger partial charge in [0.15, 0.2) is 0 Å². The summed E-state index contributed by atoms with van der Waals surface area (Å²) in [4.78, 5) is 4.29. The molecular weight excluding hydrogens is 334 g/mol.